The Morgan fingerprint density at radius 3 is 2.79 bits per heavy atom. The van der Waals surface area contributed by atoms with Crippen LogP contribution in [-0.4, -0.2) is 15.8 Å². The second kappa shape index (κ2) is 5.25. The zero-order valence-corrected chi connectivity index (χ0v) is 11.5. The third-order valence-electron chi connectivity index (χ3n) is 3.19. The summed E-state index contributed by atoms with van der Waals surface area (Å²) >= 11 is 0. The number of nitrogens with two attached hydrogens (primary N) is 1. The molecule has 2 N–H and O–H groups in total. The van der Waals surface area contributed by atoms with E-state index in [2.05, 4.69) is 11.2 Å². The van der Waals surface area contributed by atoms with Gasteiger partial charge in [0, 0.05) is 11.7 Å². The predicted octanol–water partition coefficient (Wildman–Crippen LogP) is 2.25. The summed E-state index contributed by atoms with van der Waals surface area (Å²) in [6, 6.07) is 9.72. The van der Waals surface area contributed by atoms with E-state index in [9.17, 15) is 0 Å². The molecule has 0 spiro atoms. The van der Waals surface area contributed by atoms with Gasteiger partial charge in [-0.05, 0) is 51.0 Å². The first-order chi connectivity index (χ1) is 9.02. The topological polar surface area (TPSA) is 67.6 Å². The predicted molar refractivity (Wildman–Crippen MR) is 75.1 cm³/mol. The van der Waals surface area contributed by atoms with Crippen LogP contribution in [0.15, 0.2) is 24.3 Å². The van der Waals surface area contributed by atoms with Crippen LogP contribution in [0, 0.1) is 25.2 Å². The maximum Gasteiger partial charge on any atom is 0.0992 e. The van der Waals surface area contributed by atoms with E-state index in [-0.39, 0.29) is 6.04 Å². The van der Waals surface area contributed by atoms with Crippen LogP contribution in [0.5, 0.6) is 0 Å². The Hall–Kier alpha value is -2.12. The molecule has 2 rings (SSSR count). The molecule has 0 amide bonds. The van der Waals surface area contributed by atoms with Gasteiger partial charge in [0.15, 0.2) is 0 Å². The van der Waals surface area contributed by atoms with Gasteiger partial charge >= 0.3 is 0 Å². The van der Waals surface area contributed by atoms with E-state index in [0.717, 1.165) is 23.5 Å². The minimum absolute atomic E-state index is 0.112. The molecule has 1 aromatic heterocycles. The molecular formula is C15H18N4. The molecule has 1 heterocycles. The van der Waals surface area contributed by atoms with Gasteiger partial charge in [0.1, 0.15) is 0 Å². The zero-order valence-electron chi connectivity index (χ0n) is 11.5. The molecule has 0 fully saturated rings. The van der Waals surface area contributed by atoms with E-state index >= 15 is 0 Å². The number of hydrogen-bond donors (Lipinski definition) is 1. The van der Waals surface area contributed by atoms with Crippen molar-refractivity contribution in [2.45, 2.75) is 33.2 Å². The Kier molecular flexibility index (Phi) is 3.68. The molecule has 2 aromatic rings. The molecular weight excluding hydrogens is 236 g/mol. The van der Waals surface area contributed by atoms with E-state index in [1.165, 1.54) is 5.56 Å². The number of aromatic nitrogens is 2. The van der Waals surface area contributed by atoms with Crippen LogP contribution in [0.4, 0.5) is 0 Å². The van der Waals surface area contributed by atoms with Crippen molar-refractivity contribution >= 4 is 0 Å². The summed E-state index contributed by atoms with van der Waals surface area (Å²) in [6.07, 6.45) is 0.815. The van der Waals surface area contributed by atoms with Gasteiger partial charge in [-0.3, -0.25) is 0 Å². The lowest BCUT2D eigenvalue weighted by Gasteiger charge is -2.07. The highest BCUT2D eigenvalue weighted by Gasteiger charge is 2.14. The fourth-order valence-electron chi connectivity index (χ4n) is 2.25. The molecule has 1 unspecified atom stereocenters. The van der Waals surface area contributed by atoms with E-state index in [1.807, 2.05) is 43.7 Å². The molecule has 0 bridgehead atoms. The Labute approximate surface area is 113 Å². The highest BCUT2D eigenvalue weighted by molar-refractivity contribution is 5.43. The lowest BCUT2D eigenvalue weighted by molar-refractivity contribution is 0.730. The van der Waals surface area contributed by atoms with Gasteiger partial charge in [-0.25, -0.2) is 4.68 Å². The first kappa shape index (κ1) is 13.3. The van der Waals surface area contributed by atoms with Crippen LogP contribution in [0.25, 0.3) is 5.69 Å². The van der Waals surface area contributed by atoms with Crippen LogP contribution in [0.2, 0.25) is 0 Å². The number of nitrogens with zero attached hydrogens (tertiary/aromatic N) is 3. The van der Waals surface area contributed by atoms with Crippen molar-refractivity contribution in [2.75, 3.05) is 0 Å². The molecule has 1 atom stereocenters. The summed E-state index contributed by atoms with van der Waals surface area (Å²) in [4.78, 5) is 0. The summed E-state index contributed by atoms with van der Waals surface area (Å²) in [7, 11) is 0. The van der Waals surface area contributed by atoms with Crippen molar-refractivity contribution in [1.29, 1.82) is 5.26 Å². The SMILES string of the molecule is Cc1nn(-c2cccc(C#N)c2)c(C)c1CC(C)N. The number of aryl methyl sites for hydroxylation is 1. The second-order valence-corrected chi connectivity index (χ2v) is 4.90. The fraction of sp³-hybridized carbons (Fsp3) is 0.333. The Morgan fingerprint density at radius 2 is 2.16 bits per heavy atom. The van der Waals surface area contributed by atoms with Crippen LogP contribution in [0.3, 0.4) is 0 Å². The maximum absolute atomic E-state index is 8.96. The largest absolute Gasteiger partial charge is 0.328 e. The lowest BCUT2D eigenvalue weighted by Crippen LogP contribution is -2.18. The van der Waals surface area contributed by atoms with Crippen molar-refractivity contribution < 1.29 is 0 Å². The third kappa shape index (κ3) is 2.67. The molecule has 0 radical (unpaired) electrons. The molecule has 0 aliphatic heterocycles. The van der Waals surface area contributed by atoms with E-state index in [0.29, 0.717) is 5.56 Å². The maximum atomic E-state index is 8.96. The third-order valence-corrected chi connectivity index (χ3v) is 3.19. The van der Waals surface area contributed by atoms with Gasteiger partial charge < -0.3 is 5.73 Å². The van der Waals surface area contributed by atoms with E-state index < -0.39 is 0 Å². The Morgan fingerprint density at radius 1 is 1.42 bits per heavy atom. The molecule has 4 heteroatoms. The number of hydrogen-bond acceptors (Lipinski definition) is 3. The minimum atomic E-state index is 0.112. The molecule has 4 nitrogen and oxygen atoms in total. The summed E-state index contributed by atoms with van der Waals surface area (Å²) in [5.74, 6) is 0. The van der Waals surface area contributed by atoms with Crippen LogP contribution < -0.4 is 5.73 Å². The van der Waals surface area contributed by atoms with Crippen LogP contribution in [-0.2, 0) is 6.42 Å². The van der Waals surface area contributed by atoms with Crippen molar-refractivity contribution in [1.82, 2.24) is 9.78 Å². The molecule has 98 valence electrons. The number of nitriles is 1. The highest BCUT2D eigenvalue weighted by Crippen LogP contribution is 2.19. The summed E-state index contributed by atoms with van der Waals surface area (Å²) < 4.78 is 1.88. The first-order valence-electron chi connectivity index (χ1n) is 6.34. The molecule has 1 aromatic carbocycles. The van der Waals surface area contributed by atoms with Crippen molar-refractivity contribution in [3.05, 3.63) is 46.8 Å². The minimum Gasteiger partial charge on any atom is -0.328 e. The average molecular weight is 254 g/mol. The molecule has 0 saturated heterocycles. The average Bonchev–Trinajstić information content (AvgIpc) is 2.66. The van der Waals surface area contributed by atoms with Crippen molar-refractivity contribution in [2.24, 2.45) is 5.73 Å². The molecule has 0 aliphatic carbocycles. The van der Waals surface area contributed by atoms with Crippen LogP contribution >= 0.6 is 0 Å². The van der Waals surface area contributed by atoms with Gasteiger partial charge in [-0.1, -0.05) is 6.07 Å². The number of rotatable bonds is 3. The first-order valence-corrected chi connectivity index (χ1v) is 6.34. The smallest absolute Gasteiger partial charge is 0.0992 e. The van der Waals surface area contributed by atoms with Gasteiger partial charge in [0.2, 0.25) is 0 Å². The second-order valence-electron chi connectivity index (χ2n) is 4.90. The highest BCUT2D eigenvalue weighted by atomic mass is 15.3. The Bertz CT molecular complexity index is 632. The van der Waals surface area contributed by atoms with Gasteiger partial charge in [0.05, 0.1) is 23.0 Å². The fourth-order valence-corrected chi connectivity index (χ4v) is 2.25. The summed E-state index contributed by atoms with van der Waals surface area (Å²) in [5, 5.41) is 13.5. The zero-order chi connectivity index (χ0) is 14.0. The van der Waals surface area contributed by atoms with E-state index in [1.54, 1.807) is 6.07 Å². The van der Waals surface area contributed by atoms with Gasteiger partial charge in [0.25, 0.3) is 0 Å². The van der Waals surface area contributed by atoms with E-state index in [4.69, 9.17) is 11.0 Å². The molecule has 0 saturated carbocycles. The van der Waals surface area contributed by atoms with Crippen molar-refractivity contribution in [3.63, 3.8) is 0 Å². The standard InChI is InChI=1S/C15H18N4/c1-10(17)7-15-11(2)18-19(12(15)3)14-6-4-5-13(8-14)9-16/h4-6,8,10H,7,17H2,1-3H3. The quantitative estimate of drug-likeness (QED) is 0.913. The monoisotopic (exact) mass is 254 g/mol. The summed E-state index contributed by atoms with van der Waals surface area (Å²) in [5.41, 5.74) is 10.7. The molecule has 19 heavy (non-hydrogen) atoms. The van der Waals surface area contributed by atoms with Gasteiger partial charge in [-0.2, -0.15) is 10.4 Å². The molecule has 0 aliphatic rings. The van der Waals surface area contributed by atoms with Crippen molar-refractivity contribution in [3.8, 4) is 11.8 Å². The van der Waals surface area contributed by atoms with Gasteiger partial charge in [-0.15, -0.1) is 0 Å². The summed E-state index contributed by atoms with van der Waals surface area (Å²) in [6.45, 7) is 6.03. The number of benzene rings is 1. The normalized spacial score (nSPS) is 12.2. The Balaban J connectivity index is 2.49. The van der Waals surface area contributed by atoms with Crippen LogP contribution in [0.1, 0.15) is 29.4 Å². The lowest BCUT2D eigenvalue weighted by atomic mass is 10.1.